The van der Waals surface area contributed by atoms with Gasteiger partial charge in [0.15, 0.2) is 0 Å². The first-order chi connectivity index (χ1) is 9.50. The maximum Gasteiger partial charge on any atom is 0.330 e. The van der Waals surface area contributed by atoms with Gasteiger partial charge in [-0.3, -0.25) is 4.79 Å². The molecule has 0 aromatic heterocycles. The minimum Gasteiger partial charge on any atom is -0.481 e. The molecule has 0 rings (SSSR count). The van der Waals surface area contributed by atoms with E-state index in [0.29, 0.717) is 0 Å². The summed E-state index contributed by atoms with van der Waals surface area (Å²) < 4.78 is 0. The highest BCUT2D eigenvalue weighted by Crippen LogP contribution is 1.99. The second-order valence-electron chi connectivity index (χ2n) is 3.90. The van der Waals surface area contributed by atoms with E-state index in [1.54, 1.807) is 0 Å². The molecule has 0 aromatic carbocycles. The fraction of sp³-hybridized carbons (Fsp3) is 0.462. The molecule has 0 saturated heterocycles. The van der Waals surface area contributed by atoms with Crippen molar-refractivity contribution in [3.8, 4) is 0 Å². The first-order valence-electron chi connectivity index (χ1n) is 5.73. The number of carbonyl (C=O) groups is 3. The standard InChI is InChI=1S/C5H10O4.2C4H6O2/c6-2-1-4(3-7)5(8)9;2*1-3(2)4(5)6/h4,6-7H,1-3H2,(H,8,9);2*1H2,2H3,(H,5,6). The molecule has 8 nitrogen and oxygen atoms in total. The summed E-state index contributed by atoms with van der Waals surface area (Å²) in [5.74, 6) is -3.74. The lowest BCUT2D eigenvalue weighted by Crippen LogP contribution is -2.18. The van der Waals surface area contributed by atoms with Crippen LogP contribution in [0.3, 0.4) is 0 Å². The fourth-order valence-corrected chi connectivity index (χ4v) is 0.449. The number of carboxylic acid groups (broad SMARTS) is 3. The van der Waals surface area contributed by atoms with Gasteiger partial charge in [-0.2, -0.15) is 0 Å². The second-order valence-corrected chi connectivity index (χ2v) is 3.90. The molecule has 0 aliphatic rings. The van der Waals surface area contributed by atoms with Crippen LogP contribution in [0.25, 0.3) is 0 Å². The van der Waals surface area contributed by atoms with Crippen LogP contribution in [-0.2, 0) is 14.4 Å². The number of rotatable bonds is 6. The summed E-state index contributed by atoms with van der Waals surface area (Å²) in [5.41, 5.74) is 0.352. The molecule has 0 amide bonds. The van der Waals surface area contributed by atoms with Crippen LogP contribution < -0.4 is 0 Å². The Kier molecular flexibility index (Phi) is 16.2. The third-order valence-electron chi connectivity index (χ3n) is 1.78. The Labute approximate surface area is 122 Å². The van der Waals surface area contributed by atoms with Gasteiger partial charge in [0.25, 0.3) is 0 Å². The first kappa shape index (κ1) is 23.9. The van der Waals surface area contributed by atoms with Gasteiger partial charge >= 0.3 is 17.9 Å². The molecule has 0 saturated carbocycles. The summed E-state index contributed by atoms with van der Waals surface area (Å²) >= 11 is 0. The Hall–Kier alpha value is -2.19. The zero-order valence-corrected chi connectivity index (χ0v) is 12.1. The van der Waals surface area contributed by atoms with Gasteiger partial charge in [0, 0.05) is 17.8 Å². The van der Waals surface area contributed by atoms with E-state index >= 15 is 0 Å². The molecule has 8 heteroatoms. The molecular weight excluding hydrogens is 284 g/mol. The average Bonchev–Trinajstić information content (AvgIpc) is 2.36. The molecule has 0 spiro atoms. The third kappa shape index (κ3) is 20.3. The van der Waals surface area contributed by atoms with Crippen LogP contribution in [0.1, 0.15) is 20.3 Å². The molecule has 5 N–H and O–H groups in total. The molecular formula is C13H22O8. The summed E-state index contributed by atoms with van der Waals surface area (Å²) in [6.07, 6.45) is 0.117. The van der Waals surface area contributed by atoms with Crippen molar-refractivity contribution in [2.24, 2.45) is 5.92 Å². The smallest absolute Gasteiger partial charge is 0.330 e. The van der Waals surface area contributed by atoms with E-state index < -0.39 is 30.4 Å². The molecule has 122 valence electrons. The van der Waals surface area contributed by atoms with E-state index in [4.69, 9.17) is 25.5 Å². The van der Waals surface area contributed by atoms with Gasteiger partial charge in [-0.1, -0.05) is 13.2 Å². The summed E-state index contributed by atoms with van der Waals surface area (Å²) in [6.45, 7) is 8.60. The highest BCUT2D eigenvalue weighted by molar-refractivity contribution is 5.85. The van der Waals surface area contributed by atoms with Crippen LogP contribution >= 0.6 is 0 Å². The van der Waals surface area contributed by atoms with E-state index in [1.165, 1.54) is 13.8 Å². The summed E-state index contributed by atoms with van der Waals surface area (Å²) in [5, 5.41) is 40.6. The minimum atomic E-state index is -1.06. The molecule has 0 radical (unpaired) electrons. The van der Waals surface area contributed by atoms with E-state index in [9.17, 15) is 14.4 Å². The topological polar surface area (TPSA) is 152 Å². The lowest BCUT2D eigenvalue weighted by atomic mass is 10.1. The number of hydrogen-bond donors (Lipinski definition) is 5. The number of aliphatic hydroxyl groups is 2. The van der Waals surface area contributed by atoms with Crippen molar-refractivity contribution in [2.45, 2.75) is 20.3 Å². The van der Waals surface area contributed by atoms with Crippen LogP contribution in [-0.4, -0.2) is 56.7 Å². The zero-order chi connectivity index (χ0) is 17.6. The molecule has 0 bridgehead atoms. The van der Waals surface area contributed by atoms with Gasteiger partial charge in [0.05, 0.1) is 12.5 Å². The number of aliphatic carboxylic acids is 3. The van der Waals surface area contributed by atoms with Crippen LogP contribution in [0, 0.1) is 5.92 Å². The maximum atomic E-state index is 10.0. The van der Waals surface area contributed by atoms with Crippen LogP contribution in [0.4, 0.5) is 0 Å². The predicted molar refractivity (Wildman–Crippen MR) is 74.8 cm³/mol. The average molecular weight is 306 g/mol. The second kappa shape index (κ2) is 14.2. The van der Waals surface area contributed by atoms with Crippen molar-refractivity contribution in [3.63, 3.8) is 0 Å². The zero-order valence-electron chi connectivity index (χ0n) is 12.1. The summed E-state index contributed by atoms with van der Waals surface area (Å²) in [7, 11) is 0. The van der Waals surface area contributed by atoms with Gasteiger partial charge in [0.2, 0.25) is 0 Å². The van der Waals surface area contributed by atoms with Crippen molar-refractivity contribution in [1.82, 2.24) is 0 Å². The van der Waals surface area contributed by atoms with Crippen LogP contribution in [0.15, 0.2) is 24.3 Å². The summed E-state index contributed by atoms with van der Waals surface area (Å²) in [4.78, 5) is 29.2. The number of carboxylic acids is 3. The number of hydrogen-bond acceptors (Lipinski definition) is 5. The Bertz CT molecular complexity index is 324. The van der Waals surface area contributed by atoms with E-state index in [1.807, 2.05) is 0 Å². The van der Waals surface area contributed by atoms with Crippen molar-refractivity contribution < 1.29 is 39.9 Å². The highest BCUT2D eigenvalue weighted by Gasteiger charge is 2.14. The van der Waals surface area contributed by atoms with Gasteiger partial charge in [-0.05, 0) is 20.3 Å². The third-order valence-corrected chi connectivity index (χ3v) is 1.78. The lowest BCUT2D eigenvalue weighted by Gasteiger charge is -2.04. The van der Waals surface area contributed by atoms with Crippen molar-refractivity contribution in [3.05, 3.63) is 24.3 Å². The molecule has 1 atom stereocenters. The Morgan fingerprint density at radius 2 is 1.19 bits per heavy atom. The van der Waals surface area contributed by atoms with Crippen LogP contribution in [0.5, 0.6) is 0 Å². The minimum absolute atomic E-state index is 0.117. The molecule has 0 fully saturated rings. The molecule has 0 aliphatic heterocycles. The van der Waals surface area contributed by atoms with Gasteiger partial charge in [-0.15, -0.1) is 0 Å². The van der Waals surface area contributed by atoms with E-state index in [-0.39, 0.29) is 24.2 Å². The molecule has 21 heavy (non-hydrogen) atoms. The Morgan fingerprint density at radius 1 is 0.905 bits per heavy atom. The predicted octanol–water partition coefficient (Wildman–Crippen LogP) is 0.356. The highest BCUT2D eigenvalue weighted by atomic mass is 16.4. The Morgan fingerprint density at radius 3 is 1.24 bits per heavy atom. The lowest BCUT2D eigenvalue weighted by molar-refractivity contribution is -0.143. The fourth-order valence-electron chi connectivity index (χ4n) is 0.449. The SMILES string of the molecule is C=C(C)C(=O)O.C=C(C)C(=O)O.O=C(O)C(CO)CCO. The molecule has 0 heterocycles. The van der Waals surface area contributed by atoms with Gasteiger partial charge in [0.1, 0.15) is 0 Å². The van der Waals surface area contributed by atoms with E-state index in [2.05, 4.69) is 13.2 Å². The molecule has 0 aromatic rings. The normalized spacial score (nSPS) is 9.90. The molecule has 0 aliphatic carbocycles. The molecule has 1 unspecified atom stereocenters. The van der Waals surface area contributed by atoms with E-state index in [0.717, 1.165) is 0 Å². The quantitative estimate of drug-likeness (QED) is 0.441. The van der Waals surface area contributed by atoms with Gasteiger partial charge < -0.3 is 25.5 Å². The maximum absolute atomic E-state index is 10.0. The Balaban J connectivity index is -0.000000240. The number of aliphatic hydroxyl groups excluding tert-OH is 2. The van der Waals surface area contributed by atoms with Gasteiger partial charge in [-0.25, -0.2) is 9.59 Å². The van der Waals surface area contributed by atoms with Crippen molar-refractivity contribution in [1.29, 1.82) is 0 Å². The van der Waals surface area contributed by atoms with Crippen molar-refractivity contribution >= 4 is 17.9 Å². The largest absolute Gasteiger partial charge is 0.481 e. The summed E-state index contributed by atoms with van der Waals surface area (Å²) in [6, 6.07) is 0. The monoisotopic (exact) mass is 306 g/mol. The van der Waals surface area contributed by atoms with Crippen LogP contribution in [0.2, 0.25) is 0 Å². The first-order valence-corrected chi connectivity index (χ1v) is 5.73. The van der Waals surface area contributed by atoms with Crippen molar-refractivity contribution in [2.75, 3.05) is 13.2 Å².